The number of hydrogen-bond donors (Lipinski definition) is 0. The highest BCUT2D eigenvalue weighted by Gasteiger charge is 2.39. The molecule has 2 bridgehead atoms. The van der Waals surface area contributed by atoms with Gasteiger partial charge in [0.2, 0.25) is 5.91 Å². The Kier molecular flexibility index (Phi) is 4.08. The van der Waals surface area contributed by atoms with Gasteiger partial charge in [-0.25, -0.2) is 0 Å². The number of nitrogens with zero attached hydrogens (tertiary/aromatic N) is 2. The van der Waals surface area contributed by atoms with Gasteiger partial charge in [-0.2, -0.15) is 0 Å². The van der Waals surface area contributed by atoms with Gasteiger partial charge in [0.15, 0.2) is 0 Å². The molecule has 3 rings (SSSR count). The van der Waals surface area contributed by atoms with E-state index in [1.807, 2.05) is 4.90 Å². The predicted octanol–water partition coefficient (Wildman–Crippen LogP) is 3.35. The third-order valence-corrected chi connectivity index (χ3v) is 5.48. The molecule has 1 saturated carbocycles. The maximum Gasteiger partial charge on any atom is 0.284 e. The van der Waals surface area contributed by atoms with E-state index in [9.17, 15) is 14.9 Å². The fourth-order valence-electron chi connectivity index (χ4n) is 3.21. The van der Waals surface area contributed by atoms with Crippen LogP contribution in [-0.2, 0) is 4.79 Å². The fourth-order valence-corrected chi connectivity index (χ4v) is 4.26. The lowest BCUT2D eigenvalue weighted by atomic mass is 10.1. The van der Waals surface area contributed by atoms with Gasteiger partial charge in [0, 0.05) is 23.7 Å². The zero-order valence-corrected chi connectivity index (χ0v) is 12.9. The van der Waals surface area contributed by atoms with Gasteiger partial charge in [-0.3, -0.25) is 14.9 Å². The summed E-state index contributed by atoms with van der Waals surface area (Å²) in [5, 5.41) is 11.3. The number of nitro groups is 1. The molecule has 0 N–H and O–H groups in total. The Morgan fingerprint density at radius 1 is 1.48 bits per heavy atom. The van der Waals surface area contributed by atoms with Crippen molar-refractivity contribution in [1.29, 1.82) is 0 Å². The Bertz CT molecular complexity index is 596. The highest BCUT2D eigenvalue weighted by atomic mass is 35.5. The first-order valence-electron chi connectivity index (χ1n) is 6.91. The van der Waals surface area contributed by atoms with Crippen molar-refractivity contribution in [3.63, 3.8) is 0 Å². The van der Waals surface area contributed by atoms with Crippen LogP contribution in [0.2, 0.25) is 5.02 Å². The molecular formula is C14H15ClN2O3S. The first-order valence-corrected chi connectivity index (χ1v) is 8.27. The van der Waals surface area contributed by atoms with Gasteiger partial charge < -0.3 is 4.90 Å². The summed E-state index contributed by atoms with van der Waals surface area (Å²) in [7, 11) is 0. The molecule has 1 aromatic rings. The predicted molar refractivity (Wildman–Crippen MR) is 81.7 cm³/mol. The average Bonchev–Trinajstić information content (AvgIpc) is 3.08. The molecule has 0 aromatic heterocycles. The van der Waals surface area contributed by atoms with E-state index in [0.29, 0.717) is 21.9 Å². The molecule has 1 saturated heterocycles. The number of nitro benzene ring substituents is 1. The van der Waals surface area contributed by atoms with E-state index in [2.05, 4.69) is 0 Å². The van der Waals surface area contributed by atoms with E-state index < -0.39 is 4.92 Å². The standard InChI is InChI=1S/C14H15ClN2O3S/c15-10-2-4-13(12(6-10)17(19)20)21-8-14(18)16-7-9-1-3-11(16)5-9/h2,4,6,9,11H,1,3,5,7-8H2/t9-,11-/m0/s1. The van der Waals surface area contributed by atoms with Gasteiger partial charge >= 0.3 is 0 Å². The zero-order chi connectivity index (χ0) is 15.0. The van der Waals surface area contributed by atoms with Crippen molar-refractivity contribution in [3.05, 3.63) is 33.3 Å². The monoisotopic (exact) mass is 326 g/mol. The number of likely N-dealkylation sites (tertiary alicyclic amines) is 1. The highest BCUT2D eigenvalue weighted by molar-refractivity contribution is 8.00. The Labute approximate surface area is 131 Å². The Morgan fingerprint density at radius 2 is 2.29 bits per heavy atom. The van der Waals surface area contributed by atoms with Crippen LogP contribution < -0.4 is 0 Å². The van der Waals surface area contributed by atoms with Gasteiger partial charge in [-0.05, 0) is 37.3 Å². The van der Waals surface area contributed by atoms with Crippen molar-refractivity contribution < 1.29 is 9.72 Å². The second-order valence-electron chi connectivity index (χ2n) is 5.54. The number of hydrogen-bond acceptors (Lipinski definition) is 4. The van der Waals surface area contributed by atoms with Crippen molar-refractivity contribution in [2.24, 2.45) is 5.92 Å². The van der Waals surface area contributed by atoms with Crippen LogP contribution >= 0.6 is 23.4 Å². The summed E-state index contributed by atoms with van der Waals surface area (Å²) in [6.45, 7) is 0.854. The number of benzene rings is 1. The quantitative estimate of drug-likeness (QED) is 0.483. The lowest BCUT2D eigenvalue weighted by Crippen LogP contribution is -2.38. The van der Waals surface area contributed by atoms with E-state index >= 15 is 0 Å². The van der Waals surface area contributed by atoms with E-state index in [4.69, 9.17) is 11.6 Å². The van der Waals surface area contributed by atoms with Gasteiger partial charge in [-0.15, -0.1) is 11.8 Å². The van der Waals surface area contributed by atoms with Gasteiger partial charge in [0.05, 0.1) is 15.6 Å². The molecule has 21 heavy (non-hydrogen) atoms. The summed E-state index contributed by atoms with van der Waals surface area (Å²) in [5.41, 5.74) is -0.0387. The van der Waals surface area contributed by atoms with Crippen LogP contribution in [0.15, 0.2) is 23.1 Å². The summed E-state index contributed by atoms with van der Waals surface area (Å²) in [4.78, 5) is 25.3. The minimum Gasteiger partial charge on any atom is -0.339 e. The molecule has 2 aliphatic rings. The van der Waals surface area contributed by atoms with Gasteiger partial charge in [-0.1, -0.05) is 11.6 Å². The van der Waals surface area contributed by atoms with Crippen LogP contribution in [0.25, 0.3) is 0 Å². The molecule has 1 amide bonds. The molecule has 1 heterocycles. The topological polar surface area (TPSA) is 63.4 Å². The van der Waals surface area contributed by atoms with Crippen LogP contribution in [0.1, 0.15) is 19.3 Å². The number of amides is 1. The molecule has 2 atom stereocenters. The second-order valence-corrected chi connectivity index (χ2v) is 6.99. The average molecular weight is 327 g/mol. The van der Waals surface area contributed by atoms with Crippen molar-refractivity contribution in [1.82, 2.24) is 4.90 Å². The molecule has 0 unspecified atom stereocenters. The molecule has 0 spiro atoms. The number of rotatable bonds is 4. The summed E-state index contributed by atoms with van der Waals surface area (Å²) in [6, 6.07) is 4.93. The minimum atomic E-state index is -0.462. The summed E-state index contributed by atoms with van der Waals surface area (Å²) < 4.78 is 0. The van der Waals surface area contributed by atoms with Crippen LogP contribution in [0.4, 0.5) is 5.69 Å². The molecule has 2 fully saturated rings. The van der Waals surface area contributed by atoms with E-state index in [0.717, 1.165) is 19.4 Å². The molecule has 0 radical (unpaired) electrons. The molecular weight excluding hydrogens is 312 g/mol. The summed E-state index contributed by atoms with van der Waals surface area (Å²) in [5.74, 6) is 0.983. The highest BCUT2D eigenvalue weighted by Crippen LogP contribution is 2.38. The van der Waals surface area contributed by atoms with Crippen LogP contribution in [0.3, 0.4) is 0 Å². The van der Waals surface area contributed by atoms with Gasteiger partial charge in [0.1, 0.15) is 0 Å². The summed E-state index contributed by atoms with van der Waals surface area (Å²) >= 11 is 7.00. The van der Waals surface area contributed by atoms with Crippen molar-refractivity contribution in [2.45, 2.75) is 30.2 Å². The maximum atomic E-state index is 12.3. The first kappa shape index (κ1) is 14.7. The molecule has 112 valence electrons. The fraction of sp³-hybridized carbons (Fsp3) is 0.500. The number of carbonyl (C=O) groups is 1. The summed E-state index contributed by atoms with van der Waals surface area (Å²) in [6.07, 6.45) is 3.45. The first-order chi connectivity index (χ1) is 10.0. The third-order valence-electron chi connectivity index (χ3n) is 4.20. The SMILES string of the molecule is O=C(CSc1ccc(Cl)cc1[N+](=O)[O-])N1C[C@H]2CC[C@H]1C2. The van der Waals surface area contributed by atoms with Gasteiger partial charge in [0.25, 0.3) is 5.69 Å². The number of halogens is 1. The third kappa shape index (κ3) is 3.01. The molecule has 1 aromatic carbocycles. The van der Waals surface area contributed by atoms with Crippen molar-refractivity contribution in [2.75, 3.05) is 12.3 Å². The van der Waals surface area contributed by atoms with Crippen LogP contribution in [0.5, 0.6) is 0 Å². The Hall–Kier alpha value is -1.27. The van der Waals surface area contributed by atoms with Crippen molar-refractivity contribution in [3.8, 4) is 0 Å². The normalized spacial score (nSPS) is 23.6. The zero-order valence-electron chi connectivity index (χ0n) is 11.3. The second kappa shape index (κ2) is 5.85. The Balaban J connectivity index is 1.65. The molecule has 5 nitrogen and oxygen atoms in total. The number of fused-ring (bicyclic) bond motifs is 2. The van der Waals surface area contributed by atoms with E-state index in [1.54, 1.807) is 12.1 Å². The number of thioether (sulfide) groups is 1. The molecule has 1 aliphatic carbocycles. The molecule has 7 heteroatoms. The Morgan fingerprint density at radius 3 is 2.90 bits per heavy atom. The van der Waals surface area contributed by atoms with Crippen LogP contribution in [0, 0.1) is 16.0 Å². The largest absolute Gasteiger partial charge is 0.339 e. The molecule has 1 aliphatic heterocycles. The lowest BCUT2D eigenvalue weighted by Gasteiger charge is -2.26. The van der Waals surface area contributed by atoms with Crippen molar-refractivity contribution >= 4 is 35.0 Å². The number of piperidine rings is 1. The smallest absolute Gasteiger partial charge is 0.284 e. The number of carbonyl (C=O) groups excluding carboxylic acids is 1. The minimum absolute atomic E-state index is 0.0387. The van der Waals surface area contributed by atoms with Crippen LogP contribution in [-0.4, -0.2) is 34.1 Å². The maximum absolute atomic E-state index is 12.3. The lowest BCUT2D eigenvalue weighted by molar-refractivity contribution is -0.387. The van der Waals surface area contributed by atoms with E-state index in [-0.39, 0.29) is 17.3 Å². The van der Waals surface area contributed by atoms with E-state index in [1.165, 1.54) is 24.2 Å².